The van der Waals surface area contributed by atoms with Crippen molar-refractivity contribution in [3.63, 3.8) is 0 Å². The first-order chi connectivity index (χ1) is 11.5. The van der Waals surface area contributed by atoms with Crippen LogP contribution in [-0.4, -0.2) is 42.7 Å². The number of thioether (sulfide) groups is 1. The Hall–Kier alpha value is -1.07. The maximum absolute atomic E-state index is 12.8. The van der Waals surface area contributed by atoms with Gasteiger partial charge in [-0.25, -0.2) is 4.39 Å². The predicted octanol–water partition coefficient (Wildman–Crippen LogP) is 3.54. The van der Waals surface area contributed by atoms with E-state index < -0.39 is 0 Å². The SMILES string of the molecule is C[C@H]1C[C@H](C)CN(CCCNC(=O)CSCc2ccc(F)cc2)C1. The Labute approximate surface area is 149 Å². The Kier molecular flexibility index (Phi) is 8.06. The average molecular weight is 353 g/mol. The van der Waals surface area contributed by atoms with Gasteiger partial charge in [0.25, 0.3) is 0 Å². The lowest BCUT2D eigenvalue weighted by molar-refractivity contribution is -0.118. The molecule has 24 heavy (non-hydrogen) atoms. The fourth-order valence-electron chi connectivity index (χ4n) is 3.40. The number of hydrogen-bond donors (Lipinski definition) is 1. The summed E-state index contributed by atoms with van der Waals surface area (Å²) in [6.45, 7) is 8.83. The van der Waals surface area contributed by atoms with E-state index in [0.29, 0.717) is 5.75 Å². The number of likely N-dealkylation sites (tertiary alicyclic amines) is 1. The Bertz CT molecular complexity index is 499. The molecule has 0 unspecified atom stereocenters. The number of carbonyl (C=O) groups excluding carboxylic acids is 1. The molecule has 0 saturated carbocycles. The van der Waals surface area contributed by atoms with Crippen molar-refractivity contribution in [1.29, 1.82) is 0 Å². The molecule has 0 aromatic heterocycles. The number of rotatable bonds is 8. The summed E-state index contributed by atoms with van der Waals surface area (Å²) in [7, 11) is 0. The van der Waals surface area contributed by atoms with Crippen molar-refractivity contribution in [3.05, 3.63) is 35.6 Å². The molecule has 0 aliphatic carbocycles. The molecular formula is C19H29FN2OS. The second-order valence-corrected chi connectivity index (χ2v) is 8.01. The molecule has 1 aliphatic rings. The van der Waals surface area contributed by atoms with Crippen molar-refractivity contribution in [1.82, 2.24) is 10.2 Å². The van der Waals surface area contributed by atoms with Crippen molar-refractivity contribution in [2.24, 2.45) is 11.8 Å². The van der Waals surface area contributed by atoms with Crippen molar-refractivity contribution < 1.29 is 9.18 Å². The zero-order valence-electron chi connectivity index (χ0n) is 14.8. The van der Waals surface area contributed by atoms with Gasteiger partial charge in [0.2, 0.25) is 5.91 Å². The van der Waals surface area contributed by atoms with Crippen LogP contribution in [0.3, 0.4) is 0 Å². The van der Waals surface area contributed by atoms with Gasteiger partial charge in [0.1, 0.15) is 5.82 Å². The van der Waals surface area contributed by atoms with Gasteiger partial charge in [-0.1, -0.05) is 26.0 Å². The lowest BCUT2D eigenvalue weighted by atomic mass is 9.92. The maximum Gasteiger partial charge on any atom is 0.230 e. The summed E-state index contributed by atoms with van der Waals surface area (Å²) in [5.41, 5.74) is 1.04. The van der Waals surface area contributed by atoms with Crippen LogP contribution < -0.4 is 5.32 Å². The second kappa shape index (κ2) is 10.0. The Morgan fingerprint density at radius 1 is 1.25 bits per heavy atom. The molecule has 0 radical (unpaired) electrons. The number of nitrogens with zero attached hydrogens (tertiary/aromatic N) is 1. The molecule has 1 N–H and O–H groups in total. The number of hydrogen-bond acceptors (Lipinski definition) is 3. The largest absolute Gasteiger partial charge is 0.355 e. The molecule has 0 bridgehead atoms. The van der Waals surface area contributed by atoms with Gasteiger partial charge >= 0.3 is 0 Å². The van der Waals surface area contributed by atoms with Crippen molar-refractivity contribution >= 4 is 17.7 Å². The Morgan fingerprint density at radius 2 is 1.92 bits per heavy atom. The standard InChI is InChI=1S/C19H29FN2OS/c1-15-10-16(2)12-22(11-15)9-3-8-21-19(23)14-24-13-17-4-6-18(20)7-5-17/h4-7,15-16H,3,8-14H2,1-2H3,(H,21,23)/t15-,16-/m0/s1. The van der Waals surface area contributed by atoms with E-state index in [4.69, 9.17) is 0 Å². The maximum atomic E-state index is 12.8. The Morgan fingerprint density at radius 3 is 2.58 bits per heavy atom. The van der Waals surface area contributed by atoms with E-state index in [1.165, 1.54) is 31.6 Å². The molecule has 1 amide bonds. The first kappa shape index (κ1) is 19.3. The third-order valence-corrected chi connectivity index (χ3v) is 5.34. The fraction of sp³-hybridized carbons (Fsp3) is 0.632. The van der Waals surface area contributed by atoms with E-state index in [2.05, 4.69) is 24.1 Å². The molecule has 1 fully saturated rings. The molecule has 3 nitrogen and oxygen atoms in total. The summed E-state index contributed by atoms with van der Waals surface area (Å²) in [6, 6.07) is 6.44. The molecule has 1 aromatic carbocycles. The van der Waals surface area contributed by atoms with Gasteiger partial charge in [-0.05, 0) is 48.9 Å². The zero-order valence-corrected chi connectivity index (χ0v) is 15.6. The van der Waals surface area contributed by atoms with Crippen LogP contribution in [0.25, 0.3) is 0 Å². The highest BCUT2D eigenvalue weighted by Gasteiger charge is 2.20. The van der Waals surface area contributed by atoms with Crippen molar-refractivity contribution in [2.75, 3.05) is 31.9 Å². The lowest BCUT2D eigenvalue weighted by Crippen LogP contribution is -2.40. The normalized spacial score (nSPS) is 21.6. The molecule has 1 aliphatic heterocycles. The molecule has 2 atom stereocenters. The number of benzene rings is 1. The van der Waals surface area contributed by atoms with Gasteiger partial charge in [0.05, 0.1) is 5.75 Å². The van der Waals surface area contributed by atoms with E-state index in [1.54, 1.807) is 23.9 Å². The van der Waals surface area contributed by atoms with Gasteiger partial charge in [0.15, 0.2) is 0 Å². The minimum Gasteiger partial charge on any atom is -0.355 e. The smallest absolute Gasteiger partial charge is 0.230 e. The van der Waals surface area contributed by atoms with Crippen LogP contribution in [0.5, 0.6) is 0 Å². The number of nitrogens with one attached hydrogen (secondary N) is 1. The molecule has 1 saturated heterocycles. The van der Waals surface area contributed by atoms with Crippen LogP contribution in [0.2, 0.25) is 0 Å². The van der Waals surface area contributed by atoms with E-state index in [1.807, 2.05) is 0 Å². The molecule has 2 rings (SSSR count). The summed E-state index contributed by atoms with van der Waals surface area (Å²) >= 11 is 1.56. The van der Waals surface area contributed by atoms with Crippen molar-refractivity contribution in [3.8, 4) is 0 Å². The minimum absolute atomic E-state index is 0.0856. The van der Waals surface area contributed by atoms with Crippen LogP contribution in [0.15, 0.2) is 24.3 Å². The third-order valence-electron chi connectivity index (χ3n) is 4.33. The Balaban J connectivity index is 1.52. The van der Waals surface area contributed by atoms with Gasteiger partial charge in [-0.3, -0.25) is 4.79 Å². The topological polar surface area (TPSA) is 32.3 Å². The monoisotopic (exact) mass is 352 g/mol. The summed E-state index contributed by atoms with van der Waals surface area (Å²) in [4.78, 5) is 14.4. The average Bonchev–Trinajstić information content (AvgIpc) is 2.53. The quantitative estimate of drug-likeness (QED) is 0.726. The lowest BCUT2D eigenvalue weighted by Gasteiger charge is -2.34. The van der Waals surface area contributed by atoms with E-state index in [9.17, 15) is 9.18 Å². The highest BCUT2D eigenvalue weighted by atomic mass is 32.2. The molecule has 0 spiro atoms. The third kappa shape index (κ3) is 7.22. The van der Waals surface area contributed by atoms with Gasteiger partial charge in [-0.2, -0.15) is 0 Å². The first-order valence-corrected chi connectivity index (χ1v) is 9.99. The minimum atomic E-state index is -0.223. The fourth-order valence-corrected chi connectivity index (χ4v) is 4.22. The highest BCUT2D eigenvalue weighted by molar-refractivity contribution is 7.99. The van der Waals surface area contributed by atoms with Crippen LogP contribution in [0.4, 0.5) is 4.39 Å². The van der Waals surface area contributed by atoms with Crippen molar-refractivity contribution in [2.45, 2.75) is 32.4 Å². The molecule has 1 aromatic rings. The van der Waals surface area contributed by atoms with Gasteiger partial charge in [0, 0.05) is 25.4 Å². The van der Waals surface area contributed by atoms with Crippen LogP contribution in [0, 0.1) is 17.7 Å². The summed E-state index contributed by atoms with van der Waals surface area (Å²) in [5.74, 6) is 2.62. The molecule has 134 valence electrons. The molecular weight excluding hydrogens is 323 g/mol. The number of amides is 1. The predicted molar refractivity (Wildman–Crippen MR) is 99.6 cm³/mol. The van der Waals surface area contributed by atoms with Crippen LogP contribution >= 0.6 is 11.8 Å². The van der Waals surface area contributed by atoms with Crippen LogP contribution in [0.1, 0.15) is 32.3 Å². The van der Waals surface area contributed by atoms with E-state index in [-0.39, 0.29) is 11.7 Å². The summed E-state index contributed by atoms with van der Waals surface area (Å²) in [5, 5.41) is 2.99. The molecule has 5 heteroatoms. The molecule has 1 heterocycles. The van der Waals surface area contributed by atoms with E-state index >= 15 is 0 Å². The number of piperidine rings is 1. The second-order valence-electron chi connectivity index (χ2n) is 7.03. The van der Waals surface area contributed by atoms with E-state index in [0.717, 1.165) is 42.7 Å². The van der Waals surface area contributed by atoms with Crippen LogP contribution in [-0.2, 0) is 10.5 Å². The number of carbonyl (C=O) groups is 1. The summed E-state index contributed by atoms with van der Waals surface area (Å²) in [6.07, 6.45) is 2.34. The van der Waals surface area contributed by atoms with Gasteiger partial charge < -0.3 is 10.2 Å². The number of halogens is 1. The zero-order chi connectivity index (χ0) is 17.4. The summed E-state index contributed by atoms with van der Waals surface area (Å²) < 4.78 is 12.8. The highest BCUT2D eigenvalue weighted by Crippen LogP contribution is 2.20. The van der Waals surface area contributed by atoms with Gasteiger partial charge in [-0.15, -0.1) is 11.8 Å². The first-order valence-electron chi connectivity index (χ1n) is 8.84.